The van der Waals surface area contributed by atoms with Crippen molar-refractivity contribution in [2.75, 3.05) is 45.7 Å². The number of halogens is 1. The summed E-state index contributed by atoms with van der Waals surface area (Å²) < 4.78 is 23.9. The molecule has 2 aliphatic rings. The number of benzene rings is 2. The maximum atomic E-state index is 13.5. The molecule has 2 saturated heterocycles. The summed E-state index contributed by atoms with van der Waals surface area (Å²) >= 11 is 0. The van der Waals surface area contributed by atoms with Crippen LogP contribution in [0.5, 0.6) is 11.5 Å². The first-order valence-corrected chi connectivity index (χ1v) is 11.5. The number of ether oxygens (including phenoxy) is 2. The molecule has 0 spiro atoms. The van der Waals surface area contributed by atoms with Gasteiger partial charge < -0.3 is 29.5 Å². The van der Waals surface area contributed by atoms with E-state index in [4.69, 9.17) is 9.47 Å². The van der Waals surface area contributed by atoms with Gasteiger partial charge in [-0.1, -0.05) is 12.1 Å². The van der Waals surface area contributed by atoms with Gasteiger partial charge in [0, 0.05) is 50.5 Å². The molecule has 2 heterocycles. The average molecular weight is 485 g/mol. The van der Waals surface area contributed by atoms with Gasteiger partial charge in [-0.15, -0.1) is 0 Å². The number of methoxy groups -OCH3 is 2. The second-order valence-corrected chi connectivity index (χ2v) is 8.57. The minimum Gasteiger partial charge on any atom is -0.493 e. The van der Waals surface area contributed by atoms with E-state index in [0.29, 0.717) is 61.8 Å². The van der Waals surface area contributed by atoms with Crippen LogP contribution in [0, 0.1) is 5.82 Å². The fourth-order valence-corrected chi connectivity index (χ4v) is 4.54. The molecule has 2 aromatic rings. The number of piperidine rings is 1. The Balaban J connectivity index is 1.29. The molecule has 2 aromatic carbocycles. The van der Waals surface area contributed by atoms with E-state index in [0.717, 1.165) is 0 Å². The zero-order valence-electron chi connectivity index (χ0n) is 19.8. The highest BCUT2D eigenvalue weighted by Gasteiger charge is 2.38. The van der Waals surface area contributed by atoms with Crippen molar-refractivity contribution < 1.29 is 28.2 Å². The Morgan fingerprint density at radius 2 is 1.71 bits per heavy atom. The van der Waals surface area contributed by atoms with E-state index in [1.807, 2.05) is 0 Å². The Labute approximate surface area is 203 Å². The van der Waals surface area contributed by atoms with Gasteiger partial charge in [0.05, 0.1) is 14.2 Å². The fraction of sp³-hybridized carbons (Fsp3) is 0.400. The number of anilines is 1. The number of likely N-dealkylation sites (tertiary alicyclic amines) is 1. The van der Waals surface area contributed by atoms with Crippen molar-refractivity contribution in [3.05, 3.63) is 53.8 Å². The van der Waals surface area contributed by atoms with Crippen LogP contribution in [-0.4, -0.2) is 79.0 Å². The third kappa shape index (κ3) is 5.47. The summed E-state index contributed by atoms with van der Waals surface area (Å²) in [6.07, 6.45) is 1.17. The van der Waals surface area contributed by atoms with E-state index in [1.165, 1.54) is 24.1 Å². The minimum absolute atomic E-state index is 0.104. The Bertz CT molecular complexity index is 1100. The van der Waals surface area contributed by atoms with E-state index in [2.05, 4.69) is 5.32 Å². The number of amides is 4. The van der Waals surface area contributed by atoms with Gasteiger partial charge in [0.25, 0.3) is 0 Å². The van der Waals surface area contributed by atoms with Gasteiger partial charge in [0.1, 0.15) is 5.82 Å². The largest absolute Gasteiger partial charge is 0.493 e. The fourth-order valence-electron chi connectivity index (χ4n) is 4.54. The summed E-state index contributed by atoms with van der Waals surface area (Å²) in [5, 5.41) is 2.86. The van der Waals surface area contributed by atoms with Crippen LogP contribution in [0.2, 0.25) is 0 Å². The highest BCUT2D eigenvalue weighted by molar-refractivity contribution is 6.35. The monoisotopic (exact) mass is 484 g/mol. The molecule has 0 aromatic heterocycles. The molecule has 186 valence electrons. The van der Waals surface area contributed by atoms with Gasteiger partial charge >= 0.3 is 17.8 Å². The first kappa shape index (κ1) is 24.3. The molecule has 4 amide bonds. The number of hydrogen-bond acceptors (Lipinski definition) is 5. The molecular weight excluding hydrogens is 455 g/mol. The summed E-state index contributed by atoms with van der Waals surface area (Å²) in [4.78, 5) is 43.0. The summed E-state index contributed by atoms with van der Waals surface area (Å²) in [5.41, 5.74) is 1.23. The lowest BCUT2D eigenvalue weighted by Gasteiger charge is -2.42. The summed E-state index contributed by atoms with van der Waals surface area (Å²) in [5.74, 6) is -0.401. The third-order valence-corrected chi connectivity index (χ3v) is 6.43. The molecule has 10 heteroatoms. The van der Waals surface area contributed by atoms with Gasteiger partial charge in [0.2, 0.25) is 0 Å². The lowest BCUT2D eigenvalue weighted by molar-refractivity contribution is -0.158. The van der Waals surface area contributed by atoms with Crippen LogP contribution in [-0.2, 0) is 16.1 Å². The van der Waals surface area contributed by atoms with E-state index in [9.17, 15) is 18.8 Å². The smallest absolute Gasteiger partial charge is 0.321 e. The van der Waals surface area contributed by atoms with Crippen molar-refractivity contribution in [3.63, 3.8) is 0 Å². The highest BCUT2D eigenvalue weighted by atomic mass is 19.1. The molecule has 1 N–H and O–H groups in total. The topological polar surface area (TPSA) is 91.4 Å². The molecule has 0 atom stereocenters. The van der Waals surface area contributed by atoms with Crippen LogP contribution in [0.25, 0.3) is 0 Å². The van der Waals surface area contributed by atoms with Crippen LogP contribution in [0.1, 0.15) is 18.4 Å². The molecule has 2 fully saturated rings. The van der Waals surface area contributed by atoms with Crippen molar-refractivity contribution in [2.45, 2.75) is 25.4 Å². The number of carbonyl (C=O) groups is 3. The normalized spacial score (nSPS) is 16.9. The number of nitrogens with zero attached hydrogens (tertiary/aromatic N) is 3. The Hall–Kier alpha value is -3.82. The Morgan fingerprint density at radius 1 is 0.971 bits per heavy atom. The Kier molecular flexibility index (Phi) is 7.38. The molecule has 0 radical (unpaired) electrons. The quantitative estimate of drug-likeness (QED) is 0.637. The number of urea groups is 1. The lowest BCUT2D eigenvalue weighted by atomic mass is 10.0. The second kappa shape index (κ2) is 10.6. The SMILES string of the molecule is COc1ccc(NC(=O)N2CCC(N3CCN(Cc4cccc(F)c4)C(=O)C3=O)CC2)cc1OC. The van der Waals surface area contributed by atoms with Gasteiger partial charge in [0.15, 0.2) is 11.5 Å². The predicted octanol–water partition coefficient (Wildman–Crippen LogP) is 2.71. The zero-order valence-corrected chi connectivity index (χ0v) is 19.8. The maximum absolute atomic E-state index is 13.5. The van der Waals surface area contributed by atoms with Crippen LogP contribution in [0.3, 0.4) is 0 Å². The van der Waals surface area contributed by atoms with Crippen LogP contribution >= 0.6 is 0 Å². The maximum Gasteiger partial charge on any atom is 0.321 e. The summed E-state index contributed by atoms with van der Waals surface area (Å²) in [7, 11) is 3.07. The highest BCUT2D eigenvalue weighted by Crippen LogP contribution is 2.30. The number of nitrogens with one attached hydrogen (secondary N) is 1. The minimum atomic E-state index is -0.575. The standard InChI is InChI=1S/C25H29FN4O5/c1-34-21-7-6-19(15-22(21)35-2)27-25(33)28-10-8-20(9-11-28)30-13-12-29(23(31)24(30)32)16-17-4-3-5-18(26)14-17/h3-7,14-15,20H,8-13,16H2,1-2H3,(H,27,33). The lowest BCUT2D eigenvalue weighted by Crippen LogP contribution is -2.59. The van der Waals surface area contributed by atoms with Gasteiger partial charge in [-0.05, 0) is 42.7 Å². The predicted molar refractivity (Wildman–Crippen MR) is 127 cm³/mol. The van der Waals surface area contributed by atoms with Crippen molar-refractivity contribution >= 4 is 23.5 Å². The summed E-state index contributed by atoms with van der Waals surface area (Å²) in [6, 6.07) is 10.8. The first-order chi connectivity index (χ1) is 16.9. The third-order valence-electron chi connectivity index (χ3n) is 6.43. The number of carbonyl (C=O) groups excluding carboxylic acids is 3. The molecule has 4 rings (SSSR count). The second-order valence-electron chi connectivity index (χ2n) is 8.57. The van der Waals surface area contributed by atoms with E-state index in [-0.39, 0.29) is 24.4 Å². The molecule has 35 heavy (non-hydrogen) atoms. The van der Waals surface area contributed by atoms with E-state index < -0.39 is 11.8 Å². The first-order valence-electron chi connectivity index (χ1n) is 11.5. The molecule has 2 aliphatic heterocycles. The van der Waals surface area contributed by atoms with Crippen molar-refractivity contribution in [1.82, 2.24) is 14.7 Å². The molecule has 0 unspecified atom stereocenters. The van der Waals surface area contributed by atoms with E-state index in [1.54, 1.807) is 47.2 Å². The zero-order chi connectivity index (χ0) is 24.9. The number of piperazine rings is 1. The molecule has 0 saturated carbocycles. The molecule has 9 nitrogen and oxygen atoms in total. The van der Waals surface area contributed by atoms with E-state index >= 15 is 0 Å². The van der Waals surface area contributed by atoms with Crippen LogP contribution in [0.4, 0.5) is 14.9 Å². The molecule has 0 aliphatic carbocycles. The number of hydrogen-bond donors (Lipinski definition) is 1. The van der Waals surface area contributed by atoms with Crippen LogP contribution in [0.15, 0.2) is 42.5 Å². The van der Waals surface area contributed by atoms with Crippen molar-refractivity contribution in [3.8, 4) is 11.5 Å². The molecule has 0 bridgehead atoms. The average Bonchev–Trinajstić information content (AvgIpc) is 2.87. The van der Waals surface area contributed by atoms with Gasteiger partial charge in [-0.3, -0.25) is 9.59 Å². The van der Waals surface area contributed by atoms with Gasteiger partial charge in [-0.25, -0.2) is 9.18 Å². The van der Waals surface area contributed by atoms with Crippen LogP contribution < -0.4 is 14.8 Å². The van der Waals surface area contributed by atoms with Gasteiger partial charge in [-0.2, -0.15) is 0 Å². The summed E-state index contributed by atoms with van der Waals surface area (Å²) in [6.45, 7) is 1.94. The number of rotatable bonds is 6. The Morgan fingerprint density at radius 3 is 2.40 bits per heavy atom. The van der Waals surface area contributed by atoms with Crippen molar-refractivity contribution in [1.29, 1.82) is 0 Å². The van der Waals surface area contributed by atoms with Crippen molar-refractivity contribution in [2.24, 2.45) is 0 Å². The molecular formula is C25H29FN4O5.